The summed E-state index contributed by atoms with van der Waals surface area (Å²) in [7, 11) is -4.17. The number of sulfonamides is 1. The number of ether oxygens (including phenoxy) is 1. The number of likely N-dealkylation sites (tertiary alicyclic amines) is 1. The second-order valence-electron chi connectivity index (χ2n) is 7.86. The monoisotopic (exact) mass is 498 g/mol. The van der Waals surface area contributed by atoms with E-state index in [1.165, 1.54) is 11.0 Å². The number of nitrogens with two attached hydrogens (primary N) is 1. The first-order valence-electron chi connectivity index (χ1n) is 10.5. The molecule has 33 heavy (non-hydrogen) atoms. The maximum absolute atomic E-state index is 13.1. The van der Waals surface area contributed by atoms with Gasteiger partial charge >= 0.3 is 0 Å². The van der Waals surface area contributed by atoms with E-state index in [4.69, 9.17) is 22.1 Å². The predicted molar refractivity (Wildman–Crippen MR) is 122 cm³/mol. The first-order chi connectivity index (χ1) is 15.6. The predicted octanol–water partition coefficient (Wildman–Crippen LogP) is 0.276. The number of primary amides is 1. The lowest BCUT2D eigenvalue weighted by Gasteiger charge is -2.33. The summed E-state index contributed by atoms with van der Waals surface area (Å²) in [5.74, 6) is -1.64. The zero-order chi connectivity index (χ0) is 24.2. The number of benzene rings is 1. The number of amides is 3. The number of carbonyl (C=O) groups excluding carboxylic acids is 3. The van der Waals surface area contributed by atoms with E-state index in [2.05, 4.69) is 0 Å². The fourth-order valence-corrected chi connectivity index (χ4v) is 5.34. The van der Waals surface area contributed by atoms with Gasteiger partial charge in [-0.15, -0.1) is 0 Å². The number of morpholine rings is 1. The van der Waals surface area contributed by atoms with Crippen LogP contribution in [-0.2, 0) is 29.1 Å². The summed E-state index contributed by atoms with van der Waals surface area (Å²) in [5, 5.41) is 1.43. The number of carbonyl (C=O) groups is 3. The van der Waals surface area contributed by atoms with E-state index in [0.29, 0.717) is 36.9 Å². The number of halogens is 1. The van der Waals surface area contributed by atoms with Gasteiger partial charge in [0, 0.05) is 30.1 Å². The Morgan fingerprint density at radius 3 is 2.48 bits per heavy atom. The summed E-state index contributed by atoms with van der Waals surface area (Å²) < 4.78 is 32.1. The van der Waals surface area contributed by atoms with Crippen LogP contribution in [-0.4, -0.2) is 91.7 Å². The van der Waals surface area contributed by atoms with Crippen LogP contribution >= 0.6 is 11.6 Å². The smallest absolute Gasteiger partial charge is 0.245 e. The van der Waals surface area contributed by atoms with Crippen molar-refractivity contribution in [3.05, 3.63) is 40.3 Å². The molecule has 0 radical (unpaired) electrons. The highest BCUT2D eigenvalue weighted by Crippen LogP contribution is 2.24. The normalized spacial score (nSPS) is 20.6. The van der Waals surface area contributed by atoms with Crippen molar-refractivity contribution in [3.63, 3.8) is 0 Å². The van der Waals surface area contributed by atoms with Crippen LogP contribution in [0.5, 0.6) is 0 Å². The summed E-state index contributed by atoms with van der Waals surface area (Å²) in [4.78, 5) is 40.6. The standard InChI is InChI=1S/C21H27ClN4O6S/c1-15(20(28)24-9-11-32-12-10-24)25-8-6-18(21(25)29)26(14-19(23)27)33(30,31)13-7-16-2-4-17(22)5-3-16/h2-5,7,13,15,18H,6,8-12,14H2,1H3,(H2,23,27)/b13-7+/t15-,18-/m0/s1. The van der Waals surface area contributed by atoms with E-state index in [1.54, 1.807) is 36.1 Å². The number of nitrogens with zero attached hydrogens (tertiary/aromatic N) is 3. The first-order valence-corrected chi connectivity index (χ1v) is 12.4. The molecular formula is C21H27ClN4O6S. The molecule has 1 aromatic rings. The third-order valence-electron chi connectivity index (χ3n) is 5.65. The molecule has 0 unspecified atom stereocenters. The number of rotatable bonds is 8. The fraction of sp³-hybridized carbons (Fsp3) is 0.476. The summed E-state index contributed by atoms with van der Waals surface area (Å²) in [5.41, 5.74) is 5.86. The molecular weight excluding hydrogens is 472 g/mol. The molecule has 2 aliphatic heterocycles. The molecule has 1 aromatic carbocycles. The van der Waals surface area contributed by atoms with Crippen LogP contribution < -0.4 is 5.73 Å². The van der Waals surface area contributed by atoms with Crippen molar-refractivity contribution in [1.82, 2.24) is 14.1 Å². The molecule has 2 N–H and O–H groups in total. The zero-order valence-electron chi connectivity index (χ0n) is 18.2. The molecule has 2 heterocycles. The van der Waals surface area contributed by atoms with E-state index in [1.807, 2.05) is 0 Å². The van der Waals surface area contributed by atoms with Crippen molar-refractivity contribution in [2.24, 2.45) is 5.73 Å². The number of hydrogen-bond acceptors (Lipinski definition) is 6. The van der Waals surface area contributed by atoms with Crippen molar-refractivity contribution in [1.29, 1.82) is 0 Å². The average Bonchev–Trinajstić information content (AvgIpc) is 3.17. The molecule has 0 aliphatic carbocycles. The molecule has 2 saturated heterocycles. The van der Waals surface area contributed by atoms with Gasteiger partial charge in [-0.3, -0.25) is 14.4 Å². The molecule has 180 valence electrons. The lowest BCUT2D eigenvalue weighted by atomic mass is 10.2. The van der Waals surface area contributed by atoms with Gasteiger partial charge in [0.1, 0.15) is 12.1 Å². The van der Waals surface area contributed by atoms with Gasteiger partial charge in [0.25, 0.3) is 0 Å². The van der Waals surface area contributed by atoms with Crippen molar-refractivity contribution in [2.75, 3.05) is 39.4 Å². The summed E-state index contributed by atoms with van der Waals surface area (Å²) in [6, 6.07) is 4.60. The largest absolute Gasteiger partial charge is 0.378 e. The molecule has 3 amide bonds. The molecule has 12 heteroatoms. The molecule has 2 atom stereocenters. The van der Waals surface area contributed by atoms with Gasteiger partial charge in [0.05, 0.1) is 19.8 Å². The highest BCUT2D eigenvalue weighted by molar-refractivity contribution is 7.92. The molecule has 0 saturated carbocycles. The van der Waals surface area contributed by atoms with Crippen LogP contribution in [0.3, 0.4) is 0 Å². The van der Waals surface area contributed by atoms with E-state index in [9.17, 15) is 22.8 Å². The van der Waals surface area contributed by atoms with Crippen molar-refractivity contribution in [3.8, 4) is 0 Å². The second kappa shape index (κ2) is 10.6. The lowest BCUT2D eigenvalue weighted by Crippen LogP contribution is -2.53. The third kappa shape index (κ3) is 6.11. The maximum Gasteiger partial charge on any atom is 0.245 e. The van der Waals surface area contributed by atoms with E-state index < -0.39 is 40.5 Å². The Morgan fingerprint density at radius 2 is 1.88 bits per heavy atom. The minimum absolute atomic E-state index is 0.140. The Labute approximate surface area is 197 Å². The van der Waals surface area contributed by atoms with Gasteiger partial charge in [0.15, 0.2) is 0 Å². The topological polar surface area (TPSA) is 130 Å². The molecule has 3 rings (SSSR count). The summed E-state index contributed by atoms with van der Waals surface area (Å²) in [6.07, 6.45) is 1.49. The summed E-state index contributed by atoms with van der Waals surface area (Å²) >= 11 is 5.85. The molecule has 0 spiro atoms. The zero-order valence-corrected chi connectivity index (χ0v) is 19.8. The fourth-order valence-electron chi connectivity index (χ4n) is 3.87. The van der Waals surface area contributed by atoms with Crippen molar-refractivity contribution >= 4 is 45.4 Å². The van der Waals surface area contributed by atoms with E-state index >= 15 is 0 Å². The van der Waals surface area contributed by atoms with E-state index in [0.717, 1.165) is 9.71 Å². The van der Waals surface area contributed by atoms with Crippen LogP contribution in [0.25, 0.3) is 6.08 Å². The average molecular weight is 499 g/mol. The first kappa shape index (κ1) is 25.2. The minimum Gasteiger partial charge on any atom is -0.378 e. The highest BCUT2D eigenvalue weighted by Gasteiger charge is 2.44. The van der Waals surface area contributed by atoms with Crippen molar-refractivity contribution in [2.45, 2.75) is 25.4 Å². The van der Waals surface area contributed by atoms with Crippen LogP contribution in [0.2, 0.25) is 5.02 Å². The van der Waals surface area contributed by atoms with Crippen LogP contribution in [0, 0.1) is 0 Å². The number of hydrogen-bond donors (Lipinski definition) is 1. The van der Waals surface area contributed by atoms with Gasteiger partial charge in [-0.1, -0.05) is 23.7 Å². The molecule has 2 aliphatic rings. The van der Waals surface area contributed by atoms with Crippen LogP contribution in [0.15, 0.2) is 29.7 Å². The molecule has 2 fully saturated rings. The van der Waals surface area contributed by atoms with Gasteiger partial charge in [-0.05, 0) is 37.1 Å². The van der Waals surface area contributed by atoms with Crippen LogP contribution in [0.1, 0.15) is 18.9 Å². The maximum atomic E-state index is 13.1. The van der Waals surface area contributed by atoms with Gasteiger partial charge < -0.3 is 20.3 Å². The lowest BCUT2D eigenvalue weighted by molar-refractivity contribution is -0.146. The molecule has 0 aromatic heterocycles. The third-order valence-corrected chi connectivity index (χ3v) is 7.42. The Bertz CT molecular complexity index is 1020. The molecule has 0 bridgehead atoms. The highest BCUT2D eigenvalue weighted by atomic mass is 35.5. The Balaban J connectivity index is 1.78. The molecule has 10 nitrogen and oxygen atoms in total. The second-order valence-corrected chi connectivity index (χ2v) is 10.1. The Morgan fingerprint density at radius 1 is 1.24 bits per heavy atom. The van der Waals surface area contributed by atoms with Gasteiger partial charge in [0.2, 0.25) is 27.7 Å². The van der Waals surface area contributed by atoms with Crippen LogP contribution in [0.4, 0.5) is 0 Å². The van der Waals surface area contributed by atoms with Gasteiger partial charge in [-0.2, -0.15) is 4.31 Å². The Kier molecular flexibility index (Phi) is 8.11. The Hall–Kier alpha value is -2.47. The van der Waals surface area contributed by atoms with Crippen molar-refractivity contribution < 1.29 is 27.5 Å². The van der Waals surface area contributed by atoms with E-state index in [-0.39, 0.29) is 18.9 Å². The minimum atomic E-state index is -4.17. The quantitative estimate of drug-likeness (QED) is 0.547. The van der Waals surface area contributed by atoms with Gasteiger partial charge in [-0.25, -0.2) is 8.42 Å². The SMILES string of the molecule is C[C@@H](C(=O)N1CCOCC1)N1CC[C@H](N(CC(N)=O)S(=O)(=O)/C=C/c2ccc(Cl)cc2)C1=O. The summed E-state index contributed by atoms with van der Waals surface area (Å²) in [6.45, 7) is 2.89.